The first kappa shape index (κ1) is 22.5. The molecule has 0 amide bonds. The second-order valence-corrected chi connectivity index (χ2v) is 15.0. The van der Waals surface area contributed by atoms with E-state index in [4.69, 9.17) is 16.6 Å². The molecule has 0 bridgehead atoms. The molecular formula is C22H30INOSSi. The van der Waals surface area contributed by atoms with Crippen LogP contribution >= 0.6 is 34.8 Å². The summed E-state index contributed by atoms with van der Waals surface area (Å²) in [6.45, 7) is 12.0. The minimum Gasteiger partial charge on any atom is -0.414 e. The maximum absolute atomic E-state index is 6.50. The van der Waals surface area contributed by atoms with E-state index in [-0.39, 0.29) is 11.1 Å². The minimum atomic E-state index is -1.82. The molecule has 0 aromatic heterocycles. The summed E-state index contributed by atoms with van der Waals surface area (Å²) < 4.78 is 7.73. The molecule has 5 heteroatoms. The molecule has 0 spiro atoms. The molecule has 2 aromatic rings. The van der Waals surface area contributed by atoms with Crippen LogP contribution in [0.3, 0.4) is 0 Å². The first-order valence-electron chi connectivity index (χ1n) is 9.31. The second kappa shape index (κ2) is 9.63. The molecule has 2 rings (SSSR count). The number of hydrogen-bond donors (Lipinski definition) is 1. The largest absolute Gasteiger partial charge is 0.414 e. The minimum absolute atomic E-state index is 0.0654. The van der Waals surface area contributed by atoms with Crippen LogP contribution in [0.2, 0.25) is 18.1 Å². The molecule has 0 saturated carbocycles. The molecule has 0 aliphatic heterocycles. The summed E-state index contributed by atoms with van der Waals surface area (Å²) in [4.78, 5) is 0.852. The van der Waals surface area contributed by atoms with Crippen LogP contribution in [-0.2, 0) is 10.8 Å². The maximum atomic E-state index is 6.50. The highest BCUT2D eigenvalue weighted by atomic mass is 127. The Bertz CT molecular complexity index is 758. The van der Waals surface area contributed by atoms with Crippen LogP contribution in [0.5, 0.6) is 0 Å². The van der Waals surface area contributed by atoms with Crippen molar-refractivity contribution < 1.29 is 4.43 Å². The Morgan fingerprint density at radius 2 is 1.78 bits per heavy atom. The van der Waals surface area contributed by atoms with Crippen LogP contribution in [0.1, 0.15) is 37.9 Å². The molecule has 2 nitrogen and oxygen atoms in total. The summed E-state index contributed by atoms with van der Waals surface area (Å²) in [6.07, 6.45) is 0.746. The summed E-state index contributed by atoms with van der Waals surface area (Å²) in [5, 5.41) is 3.74. The fourth-order valence-electron chi connectivity index (χ4n) is 2.49. The molecule has 0 fully saturated rings. The van der Waals surface area contributed by atoms with Gasteiger partial charge in [0.05, 0.1) is 17.6 Å². The topological polar surface area (TPSA) is 21.3 Å². The number of halogens is 1. The standard InChI is InChI=1S/C22H30INOSSi/c1-22(2,3)27(4,5)25-16-20(18-11-7-6-8-12-18)24-21(26)15-17-10-9-13-19(23)14-17/h6-14,20H,15-16H2,1-5H3,(H,24,26)/t20-/m0/s1. The van der Waals surface area contributed by atoms with E-state index in [1.54, 1.807) is 0 Å². The Kier molecular flexibility index (Phi) is 8.03. The predicted octanol–water partition coefficient (Wildman–Crippen LogP) is 6.51. The lowest BCUT2D eigenvalue weighted by Crippen LogP contribution is -2.43. The van der Waals surface area contributed by atoms with Crippen molar-refractivity contribution in [1.82, 2.24) is 5.32 Å². The van der Waals surface area contributed by atoms with Gasteiger partial charge in [0.1, 0.15) is 0 Å². The predicted molar refractivity (Wildman–Crippen MR) is 131 cm³/mol. The molecule has 0 unspecified atom stereocenters. The van der Waals surface area contributed by atoms with Gasteiger partial charge in [0.15, 0.2) is 8.32 Å². The van der Waals surface area contributed by atoms with Crippen LogP contribution in [0, 0.1) is 3.57 Å². The third-order valence-electron chi connectivity index (χ3n) is 5.21. The van der Waals surface area contributed by atoms with Gasteiger partial charge >= 0.3 is 0 Å². The highest BCUT2D eigenvalue weighted by Gasteiger charge is 2.37. The van der Waals surface area contributed by atoms with Gasteiger partial charge in [0, 0.05) is 9.99 Å². The third kappa shape index (κ3) is 6.96. The third-order valence-corrected chi connectivity index (χ3v) is 10.6. The van der Waals surface area contributed by atoms with Crippen LogP contribution in [0.15, 0.2) is 54.6 Å². The summed E-state index contributed by atoms with van der Waals surface area (Å²) in [6, 6.07) is 19.0. The Labute approximate surface area is 184 Å². The van der Waals surface area contributed by atoms with Gasteiger partial charge in [-0.05, 0) is 64.0 Å². The molecule has 146 valence electrons. The Morgan fingerprint density at radius 3 is 2.37 bits per heavy atom. The number of thiocarbonyl (C=S) groups is 1. The average molecular weight is 512 g/mol. The van der Waals surface area contributed by atoms with Crippen molar-refractivity contribution >= 4 is 48.1 Å². The van der Waals surface area contributed by atoms with Crippen molar-refractivity contribution in [3.63, 3.8) is 0 Å². The zero-order chi connectivity index (χ0) is 20.1. The van der Waals surface area contributed by atoms with Gasteiger partial charge in [-0.25, -0.2) is 0 Å². The van der Waals surface area contributed by atoms with E-state index in [1.807, 2.05) is 6.07 Å². The summed E-state index contributed by atoms with van der Waals surface area (Å²) in [7, 11) is -1.82. The SMILES string of the molecule is CC(C)(C)[Si](C)(C)OC[C@H](NC(=S)Cc1cccc(I)c1)c1ccccc1. The quantitative estimate of drug-likeness (QED) is 0.260. The normalized spacial score (nSPS) is 13.3. The smallest absolute Gasteiger partial charge is 0.192 e. The lowest BCUT2D eigenvalue weighted by atomic mass is 10.1. The summed E-state index contributed by atoms with van der Waals surface area (Å²) >= 11 is 8.02. The Balaban J connectivity index is 2.10. The second-order valence-electron chi connectivity index (χ2n) is 8.41. The van der Waals surface area contributed by atoms with E-state index in [0.717, 1.165) is 11.4 Å². The maximum Gasteiger partial charge on any atom is 0.192 e. The van der Waals surface area contributed by atoms with Gasteiger partial charge in [0.25, 0.3) is 0 Å². The van der Waals surface area contributed by atoms with Gasteiger partial charge in [-0.1, -0.05) is 75.5 Å². The molecule has 1 atom stereocenters. The van der Waals surface area contributed by atoms with Crippen LogP contribution < -0.4 is 5.32 Å². The van der Waals surface area contributed by atoms with E-state index >= 15 is 0 Å². The van der Waals surface area contributed by atoms with E-state index in [0.29, 0.717) is 6.61 Å². The van der Waals surface area contributed by atoms with Crippen molar-refractivity contribution in [2.24, 2.45) is 0 Å². The molecule has 0 aliphatic rings. The first-order valence-corrected chi connectivity index (χ1v) is 13.7. The number of hydrogen-bond acceptors (Lipinski definition) is 2. The lowest BCUT2D eigenvalue weighted by Gasteiger charge is -2.37. The van der Waals surface area contributed by atoms with Gasteiger partial charge in [-0.15, -0.1) is 0 Å². The average Bonchev–Trinajstić information content (AvgIpc) is 2.58. The fourth-order valence-corrected chi connectivity index (χ4v) is 4.43. The number of nitrogens with one attached hydrogen (secondary N) is 1. The van der Waals surface area contributed by atoms with Crippen molar-refractivity contribution in [3.8, 4) is 0 Å². The molecular weight excluding hydrogens is 481 g/mol. The number of rotatable bonds is 7. The van der Waals surface area contributed by atoms with E-state index in [2.05, 4.69) is 110 Å². The monoisotopic (exact) mass is 511 g/mol. The highest BCUT2D eigenvalue weighted by Crippen LogP contribution is 2.37. The van der Waals surface area contributed by atoms with Gasteiger partial charge in [0.2, 0.25) is 0 Å². The Hall–Kier alpha value is -0.763. The van der Waals surface area contributed by atoms with Gasteiger partial charge < -0.3 is 9.74 Å². The van der Waals surface area contributed by atoms with Crippen molar-refractivity contribution in [1.29, 1.82) is 0 Å². The number of benzene rings is 2. The first-order chi connectivity index (χ1) is 12.6. The zero-order valence-corrected chi connectivity index (χ0v) is 20.9. The Morgan fingerprint density at radius 1 is 1.11 bits per heavy atom. The van der Waals surface area contributed by atoms with Gasteiger partial charge in [-0.2, -0.15) is 0 Å². The lowest BCUT2D eigenvalue weighted by molar-refractivity contribution is 0.256. The van der Waals surface area contributed by atoms with Crippen molar-refractivity contribution in [3.05, 3.63) is 69.3 Å². The summed E-state index contributed by atoms with van der Waals surface area (Å²) in [5.41, 5.74) is 2.44. The van der Waals surface area contributed by atoms with E-state index in [9.17, 15) is 0 Å². The fraction of sp³-hybridized carbons (Fsp3) is 0.409. The van der Waals surface area contributed by atoms with Crippen LogP contribution in [-0.4, -0.2) is 19.9 Å². The molecule has 2 aromatic carbocycles. The summed E-state index contributed by atoms with van der Waals surface area (Å²) in [5.74, 6) is 0. The van der Waals surface area contributed by atoms with E-state index < -0.39 is 8.32 Å². The van der Waals surface area contributed by atoms with Crippen LogP contribution in [0.4, 0.5) is 0 Å². The molecule has 0 radical (unpaired) electrons. The molecule has 27 heavy (non-hydrogen) atoms. The highest BCUT2D eigenvalue weighted by molar-refractivity contribution is 14.1. The van der Waals surface area contributed by atoms with Crippen molar-refractivity contribution in [2.45, 2.75) is 51.4 Å². The van der Waals surface area contributed by atoms with E-state index in [1.165, 1.54) is 14.7 Å². The van der Waals surface area contributed by atoms with Crippen molar-refractivity contribution in [2.75, 3.05) is 6.61 Å². The molecule has 1 N–H and O–H groups in total. The van der Waals surface area contributed by atoms with Crippen LogP contribution in [0.25, 0.3) is 0 Å². The molecule has 0 heterocycles. The molecule has 0 aliphatic carbocycles. The zero-order valence-electron chi connectivity index (χ0n) is 16.9. The molecule has 0 saturated heterocycles. The van der Waals surface area contributed by atoms with Gasteiger partial charge in [-0.3, -0.25) is 0 Å².